The Balaban J connectivity index is 2.79. The third-order valence-corrected chi connectivity index (χ3v) is 2.32. The molecule has 4 nitrogen and oxygen atoms in total. The van der Waals surface area contributed by atoms with E-state index < -0.39 is 11.9 Å². The topological polar surface area (TPSA) is 64.7 Å². The average Bonchev–Trinajstić information content (AvgIpc) is 2.21. The highest BCUT2D eigenvalue weighted by atomic mass is 16.6. The van der Waals surface area contributed by atoms with Crippen molar-refractivity contribution in [3.05, 3.63) is 23.8 Å². The molecule has 3 N–H and O–H groups in total. The van der Waals surface area contributed by atoms with Crippen LogP contribution in [0.3, 0.4) is 0 Å². The first-order valence-corrected chi connectivity index (χ1v) is 4.56. The van der Waals surface area contributed by atoms with Crippen molar-refractivity contribution in [2.45, 2.75) is 18.3 Å². The van der Waals surface area contributed by atoms with Gasteiger partial charge in [-0.1, -0.05) is 6.08 Å². The summed E-state index contributed by atoms with van der Waals surface area (Å²) in [6.45, 7) is 0.581. The number of rotatable bonds is 4. The molecule has 1 rings (SSSR count). The quantitative estimate of drug-likeness (QED) is 0.634. The fourth-order valence-electron chi connectivity index (χ4n) is 1.45. The number of nitrogens with two attached hydrogens (primary N) is 1. The van der Waals surface area contributed by atoms with Gasteiger partial charge in [0.2, 0.25) is 5.79 Å². The lowest BCUT2D eigenvalue weighted by Gasteiger charge is -2.32. The lowest BCUT2D eigenvalue weighted by Crippen LogP contribution is -2.43. The monoisotopic (exact) mass is 199 g/mol. The Morgan fingerprint density at radius 3 is 2.79 bits per heavy atom. The van der Waals surface area contributed by atoms with Gasteiger partial charge in [0.25, 0.3) is 0 Å². The van der Waals surface area contributed by atoms with Crippen molar-refractivity contribution in [3.8, 4) is 0 Å². The van der Waals surface area contributed by atoms with E-state index in [1.165, 1.54) is 14.2 Å². The normalized spacial score (nSPS) is 31.7. The highest BCUT2D eigenvalue weighted by molar-refractivity contribution is 5.29. The molecule has 0 spiro atoms. The van der Waals surface area contributed by atoms with Gasteiger partial charge in [-0.2, -0.15) is 0 Å². The van der Waals surface area contributed by atoms with Crippen LogP contribution < -0.4 is 5.73 Å². The van der Waals surface area contributed by atoms with Crippen LogP contribution in [0.15, 0.2) is 23.8 Å². The maximum atomic E-state index is 9.92. The second-order valence-corrected chi connectivity index (χ2v) is 3.23. The summed E-state index contributed by atoms with van der Waals surface area (Å²) in [6.07, 6.45) is 5.53. The molecule has 0 bridgehead atoms. The Morgan fingerprint density at radius 1 is 1.57 bits per heavy atom. The van der Waals surface area contributed by atoms with Crippen molar-refractivity contribution >= 4 is 0 Å². The zero-order valence-electron chi connectivity index (χ0n) is 8.56. The molecule has 0 amide bonds. The van der Waals surface area contributed by atoms with Gasteiger partial charge in [-0.15, -0.1) is 0 Å². The average molecular weight is 199 g/mol. The van der Waals surface area contributed by atoms with Crippen LogP contribution in [-0.4, -0.2) is 37.8 Å². The molecule has 0 aromatic heterocycles. The SMILES string of the molecule is COC1C=C(CCN)C=CC1(O)OC. The van der Waals surface area contributed by atoms with Crippen LogP contribution >= 0.6 is 0 Å². The Morgan fingerprint density at radius 2 is 2.29 bits per heavy atom. The van der Waals surface area contributed by atoms with Gasteiger partial charge in [0, 0.05) is 14.2 Å². The third-order valence-electron chi connectivity index (χ3n) is 2.32. The summed E-state index contributed by atoms with van der Waals surface area (Å²) < 4.78 is 10.1. The molecule has 2 atom stereocenters. The lowest BCUT2D eigenvalue weighted by atomic mass is 9.97. The van der Waals surface area contributed by atoms with Crippen LogP contribution in [0.2, 0.25) is 0 Å². The summed E-state index contributed by atoms with van der Waals surface area (Å²) in [7, 11) is 2.97. The van der Waals surface area contributed by atoms with Gasteiger partial charge >= 0.3 is 0 Å². The van der Waals surface area contributed by atoms with Crippen molar-refractivity contribution in [3.63, 3.8) is 0 Å². The van der Waals surface area contributed by atoms with Crippen LogP contribution in [-0.2, 0) is 9.47 Å². The molecule has 0 aliphatic heterocycles. The van der Waals surface area contributed by atoms with E-state index >= 15 is 0 Å². The van der Waals surface area contributed by atoms with Crippen LogP contribution in [0.5, 0.6) is 0 Å². The van der Waals surface area contributed by atoms with E-state index in [9.17, 15) is 5.11 Å². The van der Waals surface area contributed by atoms with E-state index in [0.29, 0.717) is 6.54 Å². The molecular weight excluding hydrogens is 182 g/mol. The first-order chi connectivity index (χ1) is 6.66. The number of aliphatic hydroxyl groups is 1. The Hall–Kier alpha value is -0.680. The molecule has 1 aliphatic carbocycles. The molecule has 14 heavy (non-hydrogen) atoms. The zero-order chi connectivity index (χ0) is 10.6. The fourth-order valence-corrected chi connectivity index (χ4v) is 1.45. The Kier molecular flexibility index (Phi) is 3.83. The largest absolute Gasteiger partial charge is 0.371 e. The molecule has 0 aromatic rings. The number of hydrogen-bond donors (Lipinski definition) is 2. The van der Waals surface area contributed by atoms with Crippen molar-refractivity contribution in [1.29, 1.82) is 0 Å². The maximum Gasteiger partial charge on any atom is 0.216 e. The molecule has 4 heteroatoms. The van der Waals surface area contributed by atoms with Gasteiger partial charge in [-0.25, -0.2) is 0 Å². The van der Waals surface area contributed by atoms with Crippen LogP contribution in [0.25, 0.3) is 0 Å². The molecule has 0 heterocycles. The smallest absolute Gasteiger partial charge is 0.216 e. The predicted molar refractivity (Wildman–Crippen MR) is 53.7 cm³/mol. The molecule has 0 saturated heterocycles. The van der Waals surface area contributed by atoms with E-state index in [0.717, 1.165) is 12.0 Å². The first kappa shape index (κ1) is 11.4. The predicted octanol–water partition coefficient (Wildman–Crippen LogP) is 0.181. The van der Waals surface area contributed by atoms with Crippen LogP contribution in [0.4, 0.5) is 0 Å². The number of methoxy groups -OCH3 is 2. The molecule has 0 fully saturated rings. The second kappa shape index (κ2) is 4.70. The van der Waals surface area contributed by atoms with E-state index in [4.69, 9.17) is 15.2 Å². The molecule has 1 aliphatic rings. The van der Waals surface area contributed by atoms with E-state index in [1.54, 1.807) is 6.08 Å². The third kappa shape index (κ3) is 2.22. The van der Waals surface area contributed by atoms with Gasteiger partial charge in [0.05, 0.1) is 0 Å². The fraction of sp³-hybridized carbons (Fsp3) is 0.600. The van der Waals surface area contributed by atoms with Crippen molar-refractivity contribution in [1.82, 2.24) is 0 Å². The molecule has 2 unspecified atom stereocenters. The zero-order valence-corrected chi connectivity index (χ0v) is 8.56. The van der Waals surface area contributed by atoms with E-state index in [1.807, 2.05) is 12.2 Å². The second-order valence-electron chi connectivity index (χ2n) is 3.23. The Labute approximate surface area is 84.0 Å². The van der Waals surface area contributed by atoms with Crippen molar-refractivity contribution < 1.29 is 14.6 Å². The highest BCUT2D eigenvalue weighted by Crippen LogP contribution is 2.25. The van der Waals surface area contributed by atoms with E-state index in [2.05, 4.69) is 0 Å². The van der Waals surface area contributed by atoms with Crippen LogP contribution in [0, 0.1) is 0 Å². The van der Waals surface area contributed by atoms with E-state index in [-0.39, 0.29) is 0 Å². The maximum absolute atomic E-state index is 9.92. The summed E-state index contributed by atoms with van der Waals surface area (Å²) >= 11 is 0. The standard InChI is InChI=1S/C10H17NO3/c1-13-9-7-8(4-6-11)3-5-10(9,12)14-2/h3,5,7,9,12H,4,6,11H2,1-2H3. The summed E-state index contributed by atoms with van der Waals surface area (Å²) in [6, 6.07) is 0. The highest BCUT2D eigenvalue weighted by Gasteiger charge is 2.35. The minimum Gasteiger partial charge on any atom is -0.371 e. The minimum absolute atomic E-state index is 0.473. The van der Waals surface area contributed by atoms with Gasteiger partial charge in [0.15, 0.2) is 0 Å². The van der Waals surface area contributed by atoms with Gasteiger partial charge in [-0.05, 0) is 30.7 Å². The van der Waals surface area contributed by atoms with Gasteiger partial charge < -0.3 is 20.3 Å². The van der Waals surface area contributed by atoms with Crippen molar-refractivity contribution in [2.24, 2.45) is 5.73 Å². The van der Waals surface area contributed by atoms with Gasteiger partial charge in [-0.3, -0.25) is 0 Å². The van der Waals surface area contributed by atoms with Gasteiger partial charge in [0.1, 0.15) is 6.10 Å². The molecule has 0 saturated carbocycles. The number of ether oxygens (including phenoxy) is 2. The first-order valence-electron chi connectivity index (χ1n) is 4.56. The Bertz CT molecular complexity index is 250. The summed E-state index contributed by atoms with van der Waals surface area (Å²) in [4.78, 5) is 0. The number of hydrogen-bond acceptors (Lipinski definition) is 4. The summed E-state index contributed by atoms with van der Waals surface area (Å²) in [5.41, 5.74) is 6.49. The lowest BCUT2D eigenvalue weighted by molar-refractivity contribution is -0.203. The molecule has 0 radical (unpaired) electrons. The van der Waals surface area contributed by atoms with Crippen molar-refractivity contribution in [2.75, 3.05) is 20.8 Å². The molecular formula is C10H17NO3. The number of allylic oxidation sites excluding steroid dienone is 1. The van der Waals surface area contributed by atoms with Crippen LogP contribution in [0.1, 0.15) is 6.42 Å². The molecule has 0 aromatic carbocycles. The minimum atomic E-state index is -1.35. The summed E-state index contributed by atoms with van der Waals surface area (Å²) in [5.74, 6) is -1.35. The summed E-state index contributed by atoms with van der Waals surface area (Å²) in [5, 5.41) is 9.92. The molecule has 80 valence electrons.